The minimum atomic E-state index is -0.251. The van der Waals surface area contributed by atoms with Crippen LogP contribution in [-0.2, 0) is 12.6 Å². The summed E-state index contributed by atoms with van der Waals surface area (Å²) >= 11 is 6.31. The highest BCUT2D eigenvalue weighted by molar-refractivity contribution is 6.35. The van der Waals surface area contributed by atoms with Gasteiger partial charge in [0.05, 0.1) is 10.9 Å². The van der Waals surface area contributed by atoms with Gasteiger partial charge in [0.2, 0.25) is 5.43 Å². The molecule has 5 aromatic rings. The lowest BCUT2D eigenvalue weighted by Gasteiger charge is -2.38. The molecule has 5 nitrogen and oxygen atoms in total. The number of hydrogen-bond acceptors (Lipinski definition) is 4. The monoisotopic (exact) mass is 491 g/mol. The molecule has 0 unspecified atom stereocenters. The summed E-state index contributed by atoms with van der Waals surface area (Å²) in [5.41, 5.74) is 10.6. The second kappa shape index (κ2) is 8.27. The fourth-order valence-corrected chi connectivity index (χ4v) is 5.10. The fraction of sp³-hybridized carbons (Fsp3) is 0.185. The molecule has 0 aliphatic heterocycles. The van der Waals surface area contributed by atoms with Crippen LogP contribution in [0.4, 0.5) is 0 Å². The number of fused-ring (bicyclic) bond motifs is 3. The third-order valence-electron chi connectivity index (χ3n) is 6.85. The molecule has 1 aliphatic carbocycles. The van der Waals surface area contributed by atoms with Gasteiger partial charge in [-0.15, -0.1) is 12.4 Å². The first-order valence-electron chi connectivity index (χ1n) is 11.0. The normalized spacial score (nSPS) is 14.7. The van der Waals surface area contributed by atoms with E-state index in [1.807, 2.05) is 60.7 Å². The number of aryl methyl sites for hydroxylation is 1. The number of halogens is 2. The minimum absolute atomic E-state index is 0. The molecule has 1 saturated carbocycles. The van der Waals surface area contributed by atoms with Gasteiger partial charge < -0.3 is 10.2 Å². The molecular formula is C27H23Cl2N3O2. The Kier molecular flexibility index (Phi) is 5.52. The van der Waals surface area contributed by atoms with E-state index in [0.717, 1.165) is 41.3 Å². The molecule has 0 bridgehead atoms. The Morgan fingerprint density at radius 2 is 1.65 bits per heavy atom. The summed E-state index contributed by atoms with van der Waals surface area (Å²) in [5, 5.41) is 5.93. The number of nitrogens with zero attached hydrogens (tertiary/aromatic N) is 2. The number of benzene rings is 3. The lowest BCUT2D eigenvalue weighted by molar-refractivity contribution is 0.253. The molecule has 0 spiro atoms. The Bertz CT molecular complexity index is 1580. The molecule has 34 heavy (non-hydrogen) atoms. The predicted octanol–water partition coefficient (Wildman–Crippen LogP) is 6.43. The van der Waals surface area contributed by atoms with Crippen LogP contribution in [0.2, 0.25) is 5.15 Å². The van der Waals surface area contributed by atoms with Crippen molar-refractivity contribution >= 4 is 45.9 Å². The van der Waals surface area contributed by atoms with E-state index < -0.39 is 0 Å². The first-order chi connectivity index (χ1) is 16.0. The second-order valence-corrected chi connectivity index (χ2v) is 9.20. The SMILES string of the molecule is Cl.Cn1nc(Cl)c2ccc3c(=O)c(-c4ccc(C5(N)CCC5)cc4)c(-c4ccccc4)oc3c21. The first-order valence-corrected chi connectivity index (χ1v) is 11.4. The number of rotatable bonds is 3. The summed E-state index contributed by atoms with van der Waals surface area (Å²) < 4.78 is 8.17. The zero-order valence-electron chi connectivity index (χ0n) is 18.5. The van der Waals surface area contributed by atoms with Gasteiger partial charge in [-0.1, -0.05) is 66.2 Å². The van der Waals surface area contributed by atoms with Crippen molar-refractivity contribution in [2.24, 2.45) is 12.8 Å². The van der Waals surface area contributed by atoms with Crippen LogP contribution in [0.5, 0.6) is 0 Å². The molecule has 0 radical (unpaired) electrons. The smallest absolute Gasteiger partial charge is 0.201 e. The first kappa shape index (κ1) is 22.7. The maximum Gasteiger partial charge on any atom is 0.201 e. The van der Waals surface area contributed by atoms with E-state index in [9.17, 15) is 4.79 Å². The average Bonchev–Trinajstić information content (AvgIpc) is 3.11. The van der Waals surface area contributed by atoms with Crippen molar-refractivity contribution in [1.29, 1.82) is 0 Å². The van der Waals surface area contributed by atoms with Crippen molar-refractivity contribution in [3.05, 3.63) is 87.7 Å². The summed E-state index contributed by atoms with van der Waals surface area (Å²) in [7, 11) is 1.80. The van der Waals surface area contributed by atoms with Gasteiger partial charge in [-0.2, -0.15) is 5.10 Å². The molecule has 1 aliphatic rings. The topological polar surface area (TPSA) is 74.0 Å². The number of hydrogen-bond donors (Lipinski definition) is 1. The average molecular weight is 492 g/mol. The summed E-state index contributed by atoms with van der Waals surface area (Å²) in [6.45, 7) is 0. The van der Waals surface area contributed by atoms with Crippen molar-refractivity contribution in [3.8, 4) is 22.5 Å². The van der Waals surface area contributed by atoms with E-state index in [4.69, 9.17) is 21.8 Å². The van der Waals surface area contributed by atoms with Gasteiger partial charge in [-0.05, 0) is 42.5 Å². The van der Waals surface area contributed by atoms with Crippen LogP contribution in [0.1, 0.15) is 24.8 Å². The Balaban J connectivity index is 0.00000241. The summed E-state index contributed by atoms with van der Waals surface area (Å²) in [5.74, 6) is 0.525. The van der Waals surface area contributed by atoms with Crippen LogP contribution < -0.4 is 11.2 Å². The highest BCUT2D eigenvalue weighted by atomic mass is 35.5. The van der Waals surface area contributed by atoms with Gasteiger partial charge in [-0.25, -0.2) is 0 Å². The van der Waals surface area contributed by atoms with Gasteiger partial charge in [0.15, 0.2) is 10.7 Å². The molecule has 0 saturated heterocycles. The lowest BCUT2D eigenvalue weighted by Crippen LogP contribution is -2.43. The molecule has 172 valence electrons. The van der Waals surface area contributed by atoms with Crippen LogP contribution in [0, 0.1) is 0 Å². The molecule has 0 atom stereocenters. The molecule has 2 aromatic heterocycles. The van der Waals surface area contributed by atoms with E-state index in [0.29, 0.717) is 33.0 Å². The molecule has 1 fully saturated rings. The largest absolute Gasteiger partial charge is 0.453 e. The van der Waals surface area contributed by atoms with Gasteiger partial charge in [0.1, 0.15) is 11.3 Å². The van der Waals surface area contributed by atoms with Crippen molar-refractivity contribution in [2.45, 2.75) is 24.8 Å². The molecule has 7 heteroatoms. The second-order valence-electron chi connectivity index (χ2n) is 8.84. The Morgan fingerprint density at radius 3 is 2.29 bits per heavy atom. The molecule has 3 aromatic carbocycles. The number of nitrogens with two attached hydrogens (primary N) is 1. The summed E-state index contributed by atoms with van der Waals surface area (Å²) in [6.07, 6.45) is 3.13. The fourth-order valence-electron chi connectivity index (χ4n) is 4.84. The maximum atomic E-state index is 13.9. The van der Waals surface area contributed by atoms with Crippen LogP contribution in [0.15, 0.2) is 75.9 Å². The van der Waals surface area contributed by atoms with E-state index >= 15 is 0 Å². The van der Waals surface area contributed by atoms with Crippen molar-refractivity contribution in [2.75, 3.05) is 0 Å². The van der Waals surface area contributed by atoms with Crippen LogP contribution in [0.25, 0.3) is 44.3 Å². The molecule has 2 N–H and O–H groups in total. The summed E-state index contributed by atoms with van der Waals surface area (Å²) in [4.78, 5) is 13.9. The van der Waals surface area contributed by atoms with Crippen LogP contribution in [0.3, 0.4) is 0 Å². The van der Waals surface area contributed by atoms with Crippen LogP contribution >= 0.6 is 24.0 Å². The van der Waals surface area contributed by atoms with E-state index in [-0.39, 0.29) is 23.4 Å². The van der Waals surface area contributed by atoms with Crippen molar-refractivity contribution in [3.63, 3.8) is 0 Å². The standard InChI is InChI=1S/C27H22ClN3O2.ClH/c1-31-22-19(26(28)30-31)12-13-20-23(32)21(24(33-25(20)22)17-6-3-2-4-7-17)16-8-10-18(11-9-16)27(29)14-5-15-27;/h2-4,6-13H,5,14-15,29H2,1H3;1H. The zero-order chi connectivity index (χ0) is 22.7. The minimum Gasteiger partial charge on any atom is -0.453 e. The van der Waals surface area contributed by atoms with E-state index in [1.165, 1.54) is 0 Å². The number of aromatic nitrogens is 2. The lowest BCUT2D eigenvalue weighted by atomic mass is 9.72. The molecule has 0 amide bonds. The van der Waals surface area contributed by atoms with Crippen molar-refractivity contribution in [1.82, 2.24) is 9.78 Å². The molecule has 6 rings (SSSR count). The molecule has 2 heterocycles. The Hall–Kier alpha value is -3.12. The quantitative estimate of drug-likeness (QED) is 0.315. The van der Waals surface area contributed by atoms with Crippen molar-refractivity contribution < 1.29 is 4.42 Å². The zero-order valence-corrected chi connectivity index (χ0v) is 20.1. The third-order valence-corrected chi connectivity index (χ3v) is 7.13. The van der Waals surface area contributed by atoms with E-state index in [1.54, 1.807) is 17.8 Å². The molecular weight excluding hydrogens is 469 g/mol. The highest BCUT2D eigenvalue weighted by Gasteiger charge is 2.34. The highest BCUT2D eigenvalue weighted by Crippen LogP contribution is 2.40. The Morgan fingerprint density at radius 1 is 0.971 bits per heavy atom. The predicted molar refractivity (Wildman–Crippen MR) is 140 cm³/mol. The van der Waals surface area contributed by atoms with Gasteiger partial charge in [0.25, 0.3) is 0 Å². The van der Waals surface area contributed by atoms with Crippen LogP contribution in [-0.4, -0.2) is 9.78 Å². The summed E-state index contributed by atoms with van der Waals surface area (Å²) in [6, 6.07) is 21.3. The van der Waals surface area contributed by atoms with Gasteiger partial charge >= 0.3 is 0 Å². The van der Waals surface area contributed by atoms with Gasteiger partial charge in [0, 0.05) is 23.5 Å². The van der Waals surface area contributed by atoms with E-state index in [2.05, 4.69) is 5.10 Å². The Labute approximate surface area is 207 Å². The maximum absolute atomic E-state index is 13.9. The third kappa shape index (κ3) is 3.35. The van der Waals surface area contributed by atoms with Gasteiger partial charge in [-0.3, -0.25) is 9.48 Å².